The minimum Gasteiger partial charge on any atom is -0.591 e. The number of aromatic hydroxyl groups is 1. The van der Waals surface area contributed by atoms with Crippen molar-refractivity contribution in [2.24, 2.45) is 0 Å². The molecule has 0 amide bonds. The van der Waals surface area contributed by atoms with Gasteiger partial charge in [0, 0.05) is 20.4 Å². The van der Waals surface area contributed by atoms with Crippen LogP contribution in [0, 0.1) is 140 Å². The number of benzene rings is 1. The molecule has 0 radical (unpaired) electrons. The smallest absolute Gasteiger partial charge is 0.591 e. The fourth-order valence-corrected chi connectivity index (χ4v) is 1.92. The Labute approximate surface area is 207 Å². The maximum Gasteiger partial charge on any atom is 4.00 e. The Hall–Kier alpha value is 1.92. The summed E-state index contributed by atoms with van der Waals surface area (Å²) in [6, 6.07) is 8.16. The Bertz CT molecular complexity index is 338. The van der Waals surface area contributed by atoms with Crippen molar-refractivity contribution >= 4 is 7.60 Å². The molecule has 0 aliphatic rings. The number of rotatable bonds is 4. The number of phenols is 1. The molecule has 0 saturated carbocycles. The molecule has 1 aromatic carbocycles. The molecular weight excluding hydrogens is 555 g/mol. The van der Waals surface area contributed by atoms with Crippen molar-refractivity contribution in [2.45, 2.75) is 6.16 Å². The summed E-state index contributed by atoms with van der Waals surface area (Å²) in [6.07, 6.45) is 0.122. The zero-order chi connectivity index (χ0) is 10.6. The van der Waals surface area contributed by atoms with Gasteiger partial charge in [-0.1, -0.05) is 0 Å². The molecule has 22 heavy (non-hydrogen) atoms. The fraction of sp³-hybridized carbons (Fsp3) is 0.200. The maximum absolute atomic E-state index is 11.7. The first kappa shape index (κ1) is 49.6. The van der Waals surface area contributed by atoms with Gasteiger partial charge in [0.2, 0.25) is 0 Å². The summed E-state index contributed by atoms with van der Waals surface area (Å²) in [5.41, 5.74) is 0.620. The van der Waals surface area contributed by atoms with Crippen molar-refractivity contribution in [3.8, 4) is 5.75 Å². The van der Waals surface area contributed by atoms with Crippen LogP contribution in [0.2, 0.25) is 0 Å². The zero-order valence-electron chi connectivity index (χ0n) is 15.0. The number of hydrogen-bond donors (Lipinski definition) is 1. The maximum atomic E-state index is 11.7. The van der Waals surface area contributed by atoms with Crippen LogP contribution in [0.4, 0.5) is 0 Å². The van der Waals surface area contributed by atoms with Crippen LogP contribution in [0.1, 0.15) is 5.56 Å². The van der Waals surface area contributed by atoms with Crippen LogP contribution in [0.5, 0.6) is 5.75 Å². The van der Waals surface area contributed by atoms with Gasteiger partial charge in [-0.25, -0.2) is 6.07 Å². The molecule has 0 atom stereocenters. The van der Waals surface area contributed by atoms with Crippen LogP contribution < -0.4 is 0 Å². The van der Waals surface area contributed by atoms with E-state index in [9.17, 15) is 4.57 Å². The molecular formula is C15H29Ce2O4P. The standard InChI is InChI=1S/C9H11O4P.6CH3.2Ce/c1-12-14(11,13-2)7-8-3-5-9(10)6-4-8;;;;;;;;/h3,6,10H,7H2,1-2H3;6*1H3;;/q-2;6*-1;2*+4. The third kappa shape index (κ3) is 18.3. The molecule has 0 saturated heterocycles. The summed E-state index contributed by atoms with van der Waals surface area (Å²) in [4.78, 5) is 0. The average Bonchev–Trinajstić information content (AvgIpc) is 2.21. The van der Waals surface area contributed by atoms with Crippen LogP contribution in [-0.4, -0.2) is 19.3 Å². The molecule has 1 rings (SSSR count). The van der Waals surface area contributed by atoms with Gasteiger partial charge in [0.15, 0.2) is 0 Å². The van der Waals surface area contributed by atoms with Crippen molar-refractivity contribution in [3.05, 3.63) is 74.4 Å². The molecule has 0 unspecified atom stereocenters. The van der Waals surface area contributed by atoms with E-state index in [2.05, 4.69) is 12.1 Å². The van der Waals surface area contributed by atoms with Crippen LogP contribution in [0.3, 0.4) is 0 Å². The minimum absolute atomic E-state index is 0. The van der Waals surface area contributed by atoms with E-state index in [4.69, 9.17) is 14.2 Å². The first-order valence-electron chi connectivity index (χ1n) is 3.91. The van der Waals surface area contributed by atoms with Crippen molar-refractivity contribution in [2.75, 3.05) is 14.2 Å². The van der Waals surface area contributed by atoms with E-state index in [-0.39, 0.29) is 140 Å². The minimum atomic E-state index is -3.05. The first-order chi connectivity index (χ1) is 6.59. The molecule has 1 aromatic rings. The first-order valence-corrected chi connectivity index (χ1v) is 5.64. The van der Waals surface area contributed by atoms with Crippen molar-refractivity contribution in [1.29, 1.82) is 0 Å². The van der Waals surface area contributed by atoms with Gasteiger partial charge in [0.25, 0.3) is 0 Å². The van der Waals surface area contributed by atoms with Crippen LogP contribution >= 0.6 is 7.60 Å². The molecule has 0 aliphatic carbocycles. The monoisotopic (exact) mass is 584 g/mol. The third-order valence-corrected chi connectivity index (χ3v) is 3.55. The van der Waals surface area contributed by atoms with Crippen LogP contribution in [0.25, 0.3) is 0 Å². The Morgan fingerprint density at radius 2 is 1.36 bits per heavy atom. The van der Waals surface area contributed by atoms with Gasteiger partial charge in [-0.05, 0) is 0 Å². The molecule has 7 heteroatoms. The summed E-state index contributed by atoms with van der Waals surface area (Å²) in [6.45, 7) is 0. The summed E-state index contributed by atoms with van der Waals surface area (Å²) >= 11 is 0. The van der Waals surface area contributed by atoms with Gasteiger partial charge >= 0.3 is 91.1 Å². The summed E-state index contributed by atoms with van der Waals surface area (Å²) < 4.78 is 21.2. The van der Waals surface area contributed by atoms with E-state index in [1.807, 2.05) is 0 Å². The van der Waals surface area contributed by atoms with Gasteiger partial charge in [0.1, 0.15) is 0 Å². The fourth-order valence-electron chi connectivity index (χ4n) is 0.909. The van der Waals surface area contributed by atoms with Gasteiger partial charge in [0.05, 0.1) is 0 Å². The predicted octanol–water partition coefficient (Wildman–Crippen LogP) is 4.68. The van der Waals surface area contributed by atoms with E-state index in [1.54, 1.807) is 0 Å². The second kappa shape index (κ2) is 25.2. The van der Waals surface area contributed by atoms with Gasteiger partial charge in [-0.2, -0.15) is 0 Å². The number of phenolic OH excluding ortho intramolecular Hbond substituents is 1. The Morgan fingerprint density at radius 1 is 0.955 bits per heavy atom. The predicted molar refractivity (Wildman–Crippen MR) is 89.6 cm³/mol. The molecule has 1 N–H and O–H groups in total. The zero-order valence-corrected chi connectivity index (χ0v) is 22.2. The van der Waals surface area contributed by atoms with Crippen molar-refractivity contribution < 1.29 is 102 Å². The molecule has 0 heterocycles. The average molecular weight is 585 g/mol. The number of hydrogen-bond acceptors (Lipinski definition) is 4. The topological polar surface area (TPSA) is 55.8 Å². The van der Waals surface area contributed by atoms with Gasteiger partial charge in [-0.3, -0.25) is 22.3 Å². The second-order valence-corrected chi connectivity index (χ2v) is 4.89. The molecule has 0 bridgehead atoms. The summed E-state index contributed by atoms with van der Waals surface area (Å²) in [5, 5.41) is 8.95. The molecule has 0 aliphatic heterocycles. The Kier molecular flexibility index (Phi) is 56.7. The van der Waals surface area contributed by atoms with E-state index in [1.165, 1.54) is 26.4 Å². The van der Waals surface area contributed by atoms with Crippen molar-refractivity contribution in [1.82, 2.24) is 0 Å². The summed E-state index contributed by atoms with van der Waals surface area (Å²) in [5.74, 6) is -0.00147. The Balaban J connectivity index is -0.0000000408. The van der Waals surface area contributed by atoms with Crippen LogP contribution in [-0.2, 0) is 19.8 Å². The van der Waals surface area contributed by atoms with E-state index in [0.717, 1.165) is 0 Å². The Morgan fingerprint density at radius 3 is 1.64 bits per heavy atom. The summed E-state index contributed by atoms with van der Waals surface area (Å²) in [7, 11) is -0.395. The molecule has 0 spiro atoms. The van der Waals surface area contributed by atoms with E-state index < -0.39 is 7.60 Å². The molecule has 0 fully saturated rings. The normalized spacial score (nSPS) is 7.36. The quantitative estimate of drug-likeness (QED) is 0.413. The molecule has 0 aromatic heterocycles. The van der Waals surface area contributed by atoms with E-state index in [0.29, 0.717) is 5.56 Å². The van der Waals surface area contributed by atoms with E-state index >= 15 is 0 Å². The molecule has 126 valence electrons. The third-order valence-electron chi connectivity index (χ3n) is 1.71. The molecule has 4 nitrogen and oxygen atoms in total. The van der Waals surface area contributed by atoms with Crippen LogP contribution in [0.15, 0.2) is 12.1 Å². The second-order valence-electron chi connectivity index (χ2n) is 2.62. The SMILES string of the molecule is COP(=O)(Cc1[c-]cc(O)[c-]c1)OC.[CH3-].[CH3-].[CH3-].[CH3-].[CH3-].[CH3-].[Ce+4].[Ce+4]. The van der Waals surface area contributed by atoms with Gasteiger partial charge < -0.3 is 64.8 Å². The largest absolute Gasteiger partial charge is 4.00 e. The van der Waals surface area contributed by atoms with Gasteiger partial charge in [-0.15, -0.1) is 5.75 Å². The van der Waals surface area contributed by atoms with Crippen molar-refractivity contribution in [3.63, 3.8) is 0 Å².